The standard InChI is InChI=1S/C16H14Cl3N3O4/c1-10(16(23)22-24-9-8-13(17)18)25-11-2-4-12(5-3-11)26-15-7-6-14(19)20-21-15/h2-8,10H,9H2,1H3,(H,22,23). The van der Waals surface area contributed by atoms with E-state index < -0.39 is 12.0 Å². The maximum atomic E-state index is 11.8. The average molecular weight is 419 g/mol. The van der Waals surface area contributed by atoms with Gasteiger partial charge in [0, 0.05) is 6.07 Å². The monoisotopic (exact) mass is 417 g/mol. The van der Waals surface area contributed by atoms with Crippen molar-refractivity contribution in [1.82, 2.24) is 15.7 Å². The summed E-state index contributed by atoms with van der Waals surface area (Å²) >= 11 is 16.5. The van der Waals surface area contributed by atoms with Crippen molar-refractivity contribution in [2.75, 3.05) is 6.61 Å². The zero-order valence-electron chi connectivity index (χ0n) is 13.5. The van der Waals surface area contributed by atoms with Crippen LogP contribution in [0.2, 0.25) is 5.15 Å². The van der Waals surface area contributed by atoms with Crippen molar-refractivity contribution in [3.05, 3.63) is 52.1 Å². The lowest BCUT2D eigenvalue weighted by molar-refractivity contribution is -0.139. The Hall–Kier alpha value is -2.06. The topological polar surface area (TPSA) is 82.6 Å². The minimum atomic E-state index is -0.778. The molecule has 0 saturated carbocycles. The van der Waals surface area contributed by atoms with Crippen molar-refractivity contribution in [3.8, 4) is 17.4 Å². The number of ether oxygens (including phenoxy) is 2. The molecule has 0 aliphatic carbocycles. The number of amides is 1. The molecule has 1 N–H and O–H groups in total. The van der Waals surface area contributed by atoms with E-state index in [4.69, 9.17) is 49.1 Å². The van der Waals surface area contributed by atoms with Gasteiger partial charge in [0.15, 0.2) is 11.3 Å². The Kier molecular flexibility index (Phi) is 7.93. The summed E-state index contributed by atoms with van der Waals surface area (Å²) in [6.07, 6.45) is 0.609. The van der Waals surface area contributed by atoms with Crippen LogP contribution in [0.1, 0.15) is 6.92 Å². The zero-order chi connectivity index (χ0) is 18.9. The number of hydroxylamine groups is 1. The molecule has 0 saturated heterocycles. The van der Waals surface area contributed by atoms with Gasteiger partial charge >= 0.3 is 0 Å². The third kappa shape index (κ3) is 7.05. The van der Waals surface area contributed by atoms with E-state index in [2.05, 4.69) is 15.7 Å². The van der Waals surface area contributed by atoms with E-state index in [1.807, 2.05) is 0 Å². The predicted molar refractivity (Wildman–Crippen MR) is 97.5 cm³/mol. The van der Waals surface area contributed by atoms with Crippen LogP contribution in [0.15, 0.2) is 47.0 Å². The Morgan fingerprint density at radius 2 is 1.85 bits per heavy atom. The Labute approximate surface area is 164 Å². The van der Waals surface area contributed by atoms with Crippen LogP contribution < -0.4 is 15.0 Å². The normalized spacial score (nSPS) is 11.4. The lowest BCUT2D eigenvalue weighted by Crippen LogP contribution is -2.36. The highest BCUT2D eigenvalue weighted by Gasteiger charge is 2.14. The summed E-state index contributed by atoms with van der Waals surface area (Å²) in [5.41, 5.74) is 2.23. The van der Waals surface area contributed by atoms with Crippen molar-refractivity contribution in [3.63, 3.8) is 0 Å². The third-order valence-electron chi connectivity index (χ3n) is 2.83. The summed E-state index contributed by atoms with van der Waals surface area (Å²) in [5, 5.41) is 7.75. The molecule has 0 fully saturated rings. The number of carbonyl (C=O) groups is 1. The van der Waals surface area contributed by atoms with Gasteiger partial charge in [-0.3, -0.25) is 9.63 Å². The molecule has 1 heterocycles. The van der Waals surface area contributed by atoms with Crippen LogP contribution in [-0.2, 0) is 9.63 Å². The number of rotatable bonds is 8. The van der Waals surface area contributed by atoms with Gasteiger partial charge in [-0.05, 0) is 43.3 Å². The number of aromatic nitrogens is 2. The highest BCUT2D eigenvalue weighted by molar-refractivity contribution is 6.55. The fraction of sp³-hybridized carbons (Fsp3) is 0.188. The van der Waals surface area contributed by atoms with Crippen molar-refractivity contribution >= 4 is 40.7 Å². The van der Waals surface area contributed by atoms with Gasteiger partial charge in [0.2, 0.25) is 5.88 Å². The minimum Gasteiger partial charge on any atom is -0.481 e. The number of nitrogens with one attached hydrogen (secondary N) is 1. The maximum absolute atomic E-state index is 11.8. The summed E-state index contributed by atoms with van der Waals surface area (Å²) in [6, 6.07) is 9.80. The zero-order valence-corrected chi connectivity index (χ0v) is 15.8. The van der Waals surface area contributed by atoms with E-state index in [1.165, 1.54) is 6.08 Å². The van der Waals surface area contributed by atoms with Gasteiger partial charge in [-0.2, -0.15) is 0 Å². The summed E-state index contributed by atoms with van der Waals surface area (Å²) in [4.78, 5) is 16.7. The van der Waals surface area contributed by atoms with Gasteiger partial charge < -0.3 is 9.47 Å². The Bertz CT molecular complexity index is 750. The van der Waals surface area contributed by atoms with Crippen LogP contribution in [0, 0.1) is 0 Å². The van der Waals surface area contributed by atoms with Crippen LogP contribution >= 0.6 is 34.8 Å². The lowest BCUT2D eigenvalue weighted by atomic mass is 10.3. The molecular weight excluding hydrogens is 405 g/mol. The third-order valence-corrected chi connectivity index (χ3v) is 3.34. The fourth-order valence-electron chi connectivity index (χ4n) is 1.62. The van der Waals surface area contributed by atoms with E-state index in [0.29, 0.717) is 17.4 Å². The quantitative estimate of drug-likeness (QED) is 0.514. The molecule has 0 bridgehead atoms. The maximum Gasteiger partial charge on any atom is 0.284 e. The van der Waals surface area contributed by atoms with Gasteiger partial charge in [0.05, 0.1) is 6.61 Å². The molecule has 26 heavy (non-hydrogen) atoms. The predicted octanol–water partition coefficient (Wildman–Crippen LogP) is 4.06. The summed E-state index contributed by atoms with van der Waals surface area (Å²) < 4.78 is 11.1. The van der Waals surface area contributed by atoms with E-state index in [-0.39, 0.29) is 16.3 Å². The molecule has 1 atom stereocenters. The Morgan fingerprint density at radius 1 is 1.15 bits per heavy atom. The number of hydrogen-bond acceptors (Lipinski definition) is 6. The summed E-state index contributed by atoms with van der Waals surface area (Å²) in [7, 11) is 0. The molecule has 0 aliphatic rings. The smallest absolute Gasteiger partial charge is 0.284 e. The average Bonchev–Trinajstić information content (AvgIpc) is 2.62. The number of benzene rings is 1. The van der Waals surface area contributed by atoms with Gasteiger partial charge in [0.1, 0.15) is 16.0 Å². The van der Waals surface area contributed by atoms with Crippen molar-refractivity contribution in [2.45, 2.75) is 13.0 Å². The molecule has 1 unspecified atom stereocenters. The van der Waals surface area contributed by atoms with Crippen molar-refractivity contribution in [1.29, 1.82) is 0 Å². The Balaban J connectivity index is 1.83. The number of nitrogens with zero attached hydrogens (tertiary/aromatic N) is 2. The Morgan fingerprint density at radius 3 is 2.46 bits per heavy atom. The first kappa shape index (κ1) is 20.3. The minimum absolute atomic E-state index is 0.0421. The summed E-state index contributed by atoms with van der Waals surface area (Å²) in [5.74, 6) is 0.852. The molecule has 1 aromatic heterocycles. The van der Waals surface area contributed by atoms with Gasteiger partial charge in [-0.25, -0.2) is 5.48 Å². The van der Waals surface area contributed by atoms with E-state index >= 15 is 0 Å². The fourth-order valence-corrected chi connectivity index (χ4v) is 1.85. The number of hydrogen-bond donors (Lipinski definition) is 1. The molecule has 0 aliphatic heterocycles. The van der Waals surface area contributed by atoms with Crippen LogP contribution in [0.5, 0.6) is 17.4 Å². The second-order valence-corrected chi connectivity index (χ2v) is 6.19. The highest BCUT2D eigenvalue weighted by Crippen LogP contribution is 2.23. The molecule has 0 radical (unpaired) electrons. The second kappa shape index (κ2) is 10.2. The van der Waals surface area contributed by atoms with Crippen molar-refractivity contribution in [2.24, 2.45) is 0 Å². The van der Waals surface area contributed by atoms with E-state index in [0.717, 1.165) is 0 Å². The second-order valence-electron chi connectivity index (χ2n) is 4.80. The number of carbonyl (C=O) groups excluding carboxylic acids is 1. The largest absolute Gasteiger partial charge is 0.481 e. The number of halogens is 3. The summed E-state index contributed by atoms with van der Waals surface area (Å²) in [6.45, 7) is 1.62. The molecule has 138 valence electrons. The first-order valence-corrected chi connectivity index (χ1v) is 8.44. The van der Waals surface area contributed by atoms with Crippen LogP contribution in [0.25, 0.3) is 0 Å². The molecule has 10 heteroatoms. The molecule has 0 spiro atoms. The van der Waals surface area contributed by atoms with Gasteiger partial charge in [-0.15, -0.1) is 10.2 Å². The van der Waals surface area contributed by atoms with Gasteiger partial charge in [0.25, 0.3) is 5.91 Å². The van der Waals surface area contributed by atoms with Crippen LogP contribution in [-0.4, -0.2) is 28.8 Å². The first-order valence-electron chi connectivity index (χ1n) is 7.30. The molecule has 1 amide bonds. The van der Waals surface area contributed by atoms with Crippen LogP contribution in [0.3, 0.4) is 0 Å². The lowest BCUT2D eigenvalue weighted by Gasteiger charge is -2.14. The van der Waals surface area contributed by atoms with Gasteiger partial charge in [-0.1, -0.05) is 34.8 Å². The molecule has 1 aromatic carbocycles. The molecule has 2 aromatic rings. The first-order chi connectivity index (χ1) is 12.4. The highest BCUT2D eigenvalue weighted by atomic mass is 35.5. The van der Waals surface area contributed by atoms with Crippen LogP contribution in [0.4, 0.5) is 0 Å². The molecule has 2 rings (SSSR count). The van der Waals surface area contributed by atoms with Crippen molar-refractivity contribution < 1.29 is 19.1 Å². The molecule has 7 nitrogen and oxygen atoms in total. The van der Waals surface area contributed by atoms with E-state index in [9.17, 15) is 4.79 Å². The van der Waals surface area contributed by atoms with E-state index in [1.54, 1.807) is 43.3 Å². The SMILES string of the molecule is CC(Oc1ccc(Oc2ccc(Cl)nn2)cc1)C(=O)NOCC=C(Cl)Cl. The molecular formula is C16H14Cl3N3O4.